The molecule has 0 atom stereocenters. The van der Waals surface area contributed by atoms with Crippen molar-refractivity contribution in [2.75, 3.05) is 64.9 Å². The van der Waals surface area contributed by atoms with Crippen molar-refractivity contribution in [3.05, 3.63) is 48.3 Å². The normalized spacial score (nSPS) is 15.1. The van der Waals surface area contributed by atoms with Gasteiger partial charge >= 0.3 is 0 Å². The molecule has 1 N–H and O–H groups in total. The van der Waals surface area contributed by atoms with Crippen LogP contribution in [0.3, 0.4) is 0 Å². The number of nitrogens with one attached hydrogen (secondary N) is 1. The zero-order chi connectivity index (χ0) is 21.9. The number of benzene rings is 1. The van der Waals surface area contributed by atoms with Crippen LogP contribution in [0.2, 0.25) is 0 Å². The molecule has 1 fully saturated rings. The molecule has 0 saturated carbocycles. The highest BCUT2D eigenvalue weighted by atomic mass is 16.5. The van der Waals surface area contributed by atoms with Crippen LogP contribution in [0.15, 0.2) is 47.7 Å². The third-order valence-electron chi connectivity index (χ3n) is 5.40. The Labute approximate surface area is 186 Å². The highest BCUT2D eigenvalue weighted by molar-refractivity contribution is 5.79. The lowest BCUT2D eigenvalue weighted by Gasteiger charge is -2.34. The Morgan fingerprint density at radius 3 is 2.58 bits per heavy atom. The van der Waals surface area contributed by atoms with Crippen LogP contribution in [0.4, 0.5) is 5.95 Å². The highest BCUT2D eigenvalue weighted by Gasteiger charge is 2.18. The molecule has 31 heavy (non-hydrogen) atoms. The van der Waals surface area contributed by atoms with E-state index in [1.807, 2.05) is 24.3 Å². The first-order valence-corrected chi connectivity index (χ1v) is 11.1. The summed E-state index contributed by atoms with van der Waals surface area (Å²) in [6, 6.07) is 9.99. The Balaban J connectivity index is 1.44. The van der Waals surface area contributed by atoms with E-state index in [0.717, 1.165) is 82.0 Å². The molecular formula is C23H35N7O. The average Bonchev–Trinajstić information content (AvgIpc) is 2.82. The van der Waals surface area contributed by atoms with Crippen LogP contribution in [0.1, 0.15) is 18.9 Å². The molecule has 3 rings (SSSR count). The number of ether oxygens (including phenoxy) is 1. The lowest BCUT2D eigenvalue weighted by Crippen LogP contribution is -2.47. The van der Waals surface area contributed by atoms with Gasteiger partial charge in [-0.25, -0.2) is 9.97 Å². The summed E-state index contributed by atoms with van der Waals surface area (Å²) < 4.78 is 5.48. The van der Waals surface area contributed by atoms with Crippen LogP contribution in [-0.2, 0) is 6.54 Å². The van der Waals surface area contributed by atoms with E-state index in [0.29, 0.717) is 0 Å². The van der Waals surface area contributed by atoms with Crippen LogP contribution in [0, 0.1) is 0 Å². The van der Waals surface area contributed by atoms with Crippen molar-refractivity contribution in [1.29, 1.82) is 0 Å². The minimum absolute atomic E-state index is 0.749. The number of nitrogens with zero attached hydrogens (tertiary/aromatic N) is 6. The van der Waals surface area contributed by atoms with Crippen molar-refractivity contribution in [2.24, 2.45) is 4.99 Å². The van der Waals surface area contributed by atoms with Gasteiger partial charge in [0, 0.05) is 77.4 Å². The van der Waals surface area contributed by atoms with Gasteiger partial charge < -0.3 is 19.9 Å². The minimum atomic E-state index is 0.749. The van der Waals surface area contributed by atoms with E-state index in [-0.39, 0.29) is 0 Å². The number of aliphatic imine (C=N–C) groups is 1. The van der Waals surface area contributed by atoms with Crippen LogP contribution < -0.4 is 15.0 Å². The molecule has 168 valence electrons. The maximum atomic E-state index is 5.48. The second kappa shape index (κ2) is 12.1. The number of methoxy groups -OCH3 is 1. The molecule has 2 aromatic rings. The predicted molar refractivity (Wildman–Crippen MR) is 126 cm³/mol. The molecule has 0 bridgehead atoms. The third kappa shape index (κ3) is 6.82. The first-order chi connectivity index (χ1) is 15.2. The smallest absolute Gasteiger partial charge is 0.225 e. The van der Waals surface area contributed by atoms with Crippen LogP contribution in [-0.4, -0.2) is 85.7 Å². The topological polar surface area (TPSA) is 69.1 Å². The standard InChI is InChI=1S/C23H35N7O/c1-4-24-22(28(2)19-20-9-5-6-10-21(20)31-3)25-13-8-14-29-15-17-30(18-16-29)23-26-11-7-12-27-23/h5-7,9-12H,4,8,13-19H2,1-3H3,(H,24,25). The Hall–Kier alpha value is -2.87. The summed E-state index contributed by atoms with van der Waals surface area (Å²) in [5.74, 6) is 2.67. The fourth-order valence-electron chi connectivity index (χ4n) is 3.74. The second-order valence-electron chi connectivity index (χ2n) is 7.63. The lowest BCUT2D eigenvalue weighted by atomic mass is 10.2. The molecule has 8 heteroatoms. The van der Waals surface area contributed by atoms with Gasteiger partial charge in [-0.2, -0.15) is 0 Å². The summed E-state index contributed by atoms with van der Waals surface area (Å²) >= 11 is 0. The average molecular weight is 426 g/mol. The summed E-state index contributed by atoms with van der Waals surface area (Å²) in [6.07, 6.45) is 4.65. The summed E-state index contributed by atoms with van der Waals surface area (Å²) in [5, 5.41) is 3.40. The highest BCUT2D eigenvalue weighted by Crippen LogP contribution is 2.18. The van der Waals surface area contributed by atoms with Gasteiger partial charge in [-0.05, 0) is 25.5 Å². The van der Waals surface area contributed by atoms with E-state index in [9.17, 15) is 0 Å². The molecule has 1 aliphatic rings. The van der Waals surface area contributed by atoms with Gasteiger partial charge in [0.2, 0.25) is 5.95 Å². The predicted octanol–water partition coefficient (Wildman–Crippen LogP) is 2.09. The van der Waals surface area contributed by atoms with Crippen LogP contribution in [0.25, 0.3) is 0 Å². The molecule has 0 aliphatic carbocycles. The van der Waals surface area contributed by atoms with Crippen LogP contribution >= 0.6 is 0 Å². The number of anilines is 1. The Morgan fingerprint density at radius 1 is 1.13 bits per heavy atom. The number of hydrogen-bond donors (Lipinski definition) is 1. The monoisotopic (exact) mass is 425 g/mol. The van der Waals surface area contributed by atoms with E-state index >= 15 is 0 Å². The van der Waals surface area contributed by atoms with E-state index in [4.69, 9.17) is 9.73 Å². The van der Waals surface area contributed by atoms with Crippen molar-refractivity contribution in [3.63, 3.8) is 0 Å². The molecule has 0 spiro atoms. The summed E-state index contributed by atoms with van der Waals surface area (Å²) in [4.78, 5) is 20.5. The van der Waals surface area contributed by atoms with Gasteiger partial charge in [0.1, 0.15) is 5.75 Å². The maximum absolute atomic E-state index is 5.48. The van der Waals surface area contributed by atoms with Gasteiger partial charge in [0.05, 0.1) is 7.11 Å². The van der Waals surface area contributed by atoms with E-state index < -0.39 is 0 Å². The van der Waals surface area contributed by atoms with Crippen molar-refractivity contribution >= 4 is 11.9 Å². The molecule has 0 radical (unpaired) electrons. The molecule has 1 saturated heterocycles. The Morgan fingerprint density at radius 2 is 1.87 bits per heavy atom. The van der Waals surface area contributed by atoms with Gasteiger partial charge in [-0.15, -0.1) is 0 Å². The molecule has 1 aromatic carbocycles. The first-order valence-electron chi connectivity index (χ1n) is 11.1. The zero-order valence-electron chi connectivity index (χ0n) is 19.0. The number of para-hydroxylation sites is 1. The van der Waals surface area contributed by atoms with Crippen molar-refractivity contribution in [2.45, 2.75) is 19.9 Å². The third-order valence-corrected chi connectivity index (χ3v) is 5.40. The Kier molecular flexibility index (Phi) is 8.90. The van der Waals surface area contributed by atoms with E-state index in [1.165, 1.54) is 0 Å². The zero-order valence-corrected chi connectivity index (χ0v) is 19.0. The number of guanidine groups is 1. The maximum Gasteiger partial charge on any atom is 0.225 e. The summed E-state index contributed by atoms with van der Waals surface area (Å²) in [5.41, 5.74) is 1.15. The Bertz CT molecular complexity index is 807. The summed E-state index contributed by atoms with van der Waals surface area (Å²) in [7, 11) is 3.78. The minimum Gasteiger partial charge on any atom is -0.496 e. The van der Waals surface area contributed by atoms with Gasteiger partial charge in [-0.1, -0.05) is 18.2 Å². The molecular weight excluding hydrogens is 390 g/mol. The molecule has 2 heterocycles. The molecule has 0 amide bonds. The largest absolute Gasteiger partial charge is 0.496 e. The lowest BCUT2D eigenvalue weighted by molar-refractivity contribution is 0.255. The number of hydrogen-bond acceptors (Lipinski definition) is 6. The number of rotatable bonds is 9. The fraction of sp³-hybridized carbons (Fsp3) is 0.522. The molecule has 1 aliphatic heterocycles. The van der Waals surface area contributed by atoms with Gasteiger partial charge in [-0.3, -0.25) is 9.89 Å². The van der Waals surface area contributed by atoms with Crippen molar-refractivity contribution < 1.29 is 4.74 Å². The molecule has 0 unspecified atom stereocenters. The number of aromatic nitrogens is 2. The van der Waals surface area contributed by atoms with Crippen LogP contribution in [0.5, 0.6) is 5.75 Å². The second-order valence-corrected chi connectivity index (χ2v) is 7.63. The van der Waals surface area contributed by atoms with Gasteiger partial charge in [0.25, 0.3) is 0 Å². The van der Waals surface area contributed by atoms with Crippen molar-refractivity contribution in [3.8, 4) is 5.75 Å². The quantitative estimate of drug-likeness (QED) is 0.375. The molecule has 1 aromatic heterocycles. The first kappa shape index (κ1) is 22.8. The SMILES string of the molecule is CCNC(=NCCCN1CCN(c2ncccn2)CC1)N(C)Cc1ccccc1OC. The van der Waals surface area contributed by atoms with Gasteiger partial charge in [0.15, 0.2) is 5.96 Å². The summed E-state index contributed by atoms with van der Waals surface area (Å²) in [6.45, 7) is 9.57. The van der Waals surface area contributed by atoms with Crippen molar-refractivity contribution in [1.82, 2.24) is 25.1 Å². The molecule has 8 nitrogen and oxygen atoms in total. The number of piperazine rings is 1. The fourth-order valence-corrected chi connectivity index (χ4v) is 3.74. The van der Waals surface area contributed by atoms with E-state index in [1.54, 1.807) is 19.5 Å². The van der Waals surface area contributed by atoms with E-state index in [2.05, 4.69) is 50.0 Å².